The van der Waals surface area contributed by atoms with E-state index in [1.165, 1.54) is 34.7 Å². The van der Waals surface area contributed by atoms with Crippen LogP contribution in [-0.4, -0.2) is 55.7 Å². The molecule has 1 fully saturated rings. The smallest absolute Gasteiger partial charge is 0.352 e. The number of carbonyl (C=O) groups excluding carboxylic acids is 2. The molecule has 1 aromatic heterocycles. The van der Waals surface area contributed by atoms with Gasteiger partial charge in [0.2, 0.25) is 5.91 Å². The van der Waals surface area contributed by atoms with Crippen LogP contribution in [0.1, 0.15) is 17.3 Å². The van der Waals surface area contributed by atoms with Gasteiger partial charge < -0.3 is 20.6 Å². The van der Waals surface area contributed by atoms with Crippen LogP contribution >= 0.6 is 23.5 Å². The molecule has 0 saturated carbocycles. The molecule has 2 aromatic rings. The van der Waals surface area contributed by atoms with Crippen molar-refractivity contribution in [2.45, 2.75) is 29.6 Å². The van der Waals surface area contributed by atoms with Crippen LogP contribution in [0.4, 0.5) is 0 Å². The lowest BCUT2D eigenvalue weighted by atomic mass is 10.0. The number of aryl methyl sites for hydroxylation is 1. The SMILES string of the molecule is Cc1coc(SCC2=C(C(=O)O)N3C(=O)C(NC(=O)C(N)c4ccccc4)[C@@H]3SC2)n1. The normalized spacial score (nSPS) is 21.4. The van der Waals surface area contributed by atoms with E-state index in [0.29, 0.717) is 27.9 Å². The zero-order valence-electron chi connectivity index (χ0n) is 16.5. The first kappa shape index (κ1) is 21.5. The molecule has 0 radical (unpaired) electrons. The van der Waals surface area contributed by atoms with Gasteiger partial charge in [-0.25, -0.2) is 9.78 Å². The number of benzene rings is 1. The number of aromatic nitrogens is 1. The van der Waals surface area contributed by atoms with E-state index >= 15 is 0 Å². The molecule has 2 unspecified atom stereocenters. The highest BCUT2D eigenvalue weighted by Crippen LogP contribution is 2.41. The van der Waals surface area contributed by atoms with E-state index in [-0.39, 0.29) is 5.70 Å². The van der Waals surface area contributed by atoms with Crippen molar-refractivity contribution in [1.29, 1.82) is 0 Å². The Balaban J connectivity index is 1.45. The summed E-state index contributed by atoms with van der Waals surface area (Å²) >= 11 is 2.68. The summed E-state index contributed by atoms with van der Waals surface area (Å²) < 4.78 is 5.29. The van der Waals surface area contributed by atoms with E-state index in [1.807, 2.05) is 6.07 Å². The molecule has 2 aliphatic rings. The van der Waals surface area contributed by atoms with Gasteiger partial charge in [0.05, 0.1) is 5.69 Å². The molecule has 4 rings (SSSR count). The minimum atomic E-state index is -1.18. The third kappa shape index (κ3) is 4.21. The molecule has 2 amide bonds. The first-order valence-corrected chi connectivity index (χ1v) is 11.5. The molecular formula is C20H20N4O5S2. The van der Waals surface area contributed by atoms with Crippen molar-refractivity contribution in [1.82, 2.24) is 15.2 Å². The number of thioether (sulfide) groups is 2. The minimum absolute atomic E-state index is 0.0395. The second-order valence-corrected chi connectivity index (χ2v) is 9.12. The fraction of sp³-hybridized carbons (Fsp3) is 0.300. The summed E-state index contributed by atoms with van der Waals surface area (Å²) in [5, 5.41) is 12.4. The summed E-state index contributed by atoms with van der Waals surface area (Å²) in [6.07, 6.45) is 1.52. The molecule has 2 aliphatic heterocycles. The zero-order chi connectivity index (χ0) is 22.1. The Labute approximate surface area is 186 Å². The maximum Gasteiger partial charge on any atom is 0.352 e. The van der Waals surface area contributed by atoms with Crippen molar-refractivity contribution in [3.8, 4) is 0 Å². The Hall–Kier alpha value is -2.76. The monoisotopic (exact) mass is 460 g/mol. The average molecular weight is 461 g/mol. The van der Waals surface area contributed by atoms with Crippen LogP contribution in [0.5, 0.6) is 0 Å². The third-order valence-electron chi connectivity index (χ3n) is 4.96. The number of oxazole rings is 1. The quantitative estimate of drug-likeness (QED) is 0.414. The molecule has 1 aromatic carbocycles. The summed E-state index contributed by atoms with van der Waals surface area (Å²) in [6, 6.07) is 7.11. The van der Waals surface area contributed by atoms with Crippen LogP contribution in [0, 0.1) is 6.92 Å². The van der Waals surface area contributed by atoms with Crippen molar-refractivity contribution >= 4 is 41.3 Å². The molecule has 0 aliphatic carbocycles. The first-order valence-electron chi connectivity index (χ1n) is 9.42. The number of β-lactam (4-membered cyclic amide) rings is 1. The Kier molecular flexibility index (Phi) is 6.08. The predicted octanol–water partition coefficient (Wildman–Crippen LogP) is 1.51. The van der Waals surface area contributed by atoms with Crippen LogP contribution < -0.4 is 11.1 Å². The standard InChI is InChI=1S/C20H20N4O5S2/c1-10-7-29-20(22-10)31-9-12-8-30-18-14(17(26)24(18)15(12)19(27)28)23-16(25)13(21)11-5-3-2-4-6-11/h2-7,13-14,18H,8-9,21H2,1H3,(H,23,25)(H,27,28)/t13?,14?,18-/m0/s1. The molecular weight excluding hydrogens is 440 g/mol. The highest BCUT2D eigenvalue weighted by atomic mass is 32.2. The van der Waals surface area contributed by atoms with E-state index in [1.54, 1.807) is 31.2 Å². The van der Waals surface area contributed by atoms with Crippen LogP contribution in [0.25, 0.3) is 0 Å². The van der Waals surface area contributed by atoms with Crippen molar-refractivity contribution in [2.75, 3.05) is 11.5 Å². The second kappa shape index (κ2) is 8.77. The summed E-state index contributed by atoms with van der Waals surface area (Å²) in [7, 11) is 0. The van der Waals surface area contributed by atoms with Gasteiger partial charge in [-0.3, -0.25) is 14.5 Å². The van der Waals surface area contributed by atoms with Gasteiger partial charge in [-0.15, -0.1) is 11.8 Å². The summed E-state index contributed by atoms with van der Waals surface area (Å²) in [4.78, 5) is 42.7. The number of carboxylic acids is 1. The van der Waals surface area contributed by atoms with Gasteiger partial charge in [-0.2, -0.15) is 0 Å². The van der Waals surface area contributed by atoms with Crippen molar-refractivity contribution in [2.24, 2.45) is 5.73 Å². The molecule has 4 N–H and O–H groups in total. The predicted molar refractivity (Wildman–Crippen MR) is 115 cm³/mol. The van der Waals surface area contributed by atoms with Gasteiger partial charge in [-0.1, -0.05) is 42.1 Å². The number of nitrogens with zero attached hydrogens (tertiary/aromatic N) is 2. The van der Waals surface area contributed by atoms with Crippen LogP contribution in [0.3, 0.4) is 0 Å². The van der Waals surface area contributed by atoms with Crippen molar-refractivity contribution in [3.05, 3.63) is 59.1 Å². The van der Waals surface area contributed by atoms with E-state index in [0.717, 1.165) is 5.69 Å². The molecule has 9 nitrogen and oxygen atoms in total. The first-order chi connectivity index (χ1) is 14.9. The maximum atomic E-state index is 12.8. The Bertz CT molecular complexity index is 1050. The van der Waals surface area contributed by atoms with Gasteiger partial charge in [0.1, 0.15) is 29.4 Å². The molecule has 0 spiro atoms. The number of carboxylic acid groups (broad SMARTS) is 1. The van der Waals surface area contributed by atoms with Gasteiger partial charge in [0.15, 0.2) is 0 Å². The van der Waals surface area contributed by atoms with E-state index in [9.17, 15) is 19.5 Å². The minimum Gasteiger partial charge on any atom is -0.477 e. The van der Waals surface area contributed by atoms with Gasteiger partial charge in [0.25, 0.3) is 11.1 Å². The van der Waals surface area contributed by atoms with Crippen LogP contribution in [0.15, 0.2) is 57.5 Å². The van der Waals surface area contributed by atoms with Crippen LogP contribution in [0.2, 0.25) is 0 Å². The molecule has 1 saturated heterocycles. The van der Waals surface area contributed by atoms with Crippen molar-refractivity contribution < 1.29 is 23.9 Å². The molecule has 162 valence electrons. The second-order valence-electron chi connectivity index (χ2n) is 7.09. The summed E-state index contributed by atoms with van der Waals surface area (Å²) in [5.41, 5.74) is 7.94. The van der Waals surface area contributed by atoms with E-state index in [2.05, 4.69) is 10.3 Å². The number of hydrogen-bond acceptors (Lipinski definition) is 8. The van der Waals surface area contributed by atoms with Gasteiger partial charge >= 0.3 is 5.97 Å². The van der Waals surface area contributed by atoms with Crippen LogP contribution in [-0.2, 0) is 14.4 Å². The highest BCUT2D eigenvalue weighted by Gasteiger charge is 2.54. The fourth-order valence-corrected chi connectivity index (χ4v) is 5.73. The molecule has 3 atom stereocenters. The Morgan fingerprint density at radius 3 is 2.81 bits per heavy atom. The summed E-state index contributed by atoms with van der Waals surface area (Å²) in [6.45, 7) is 1.80. The number of fused-ring (bicyclic) bond motifs is 1. The van der Waals surface area contributed by atoms with Gasteiger partial charge in [-0.05, 0) is 18.1 Å². The molecule has 31 heavy (non-hydrogen) atoms. The number of nitrogens with one attached hydrogen (secondary N) is 1. The Morgan fingerprint density at radius 2 is 2.16 bits per heavy atom. The molecule has 3 heterocycles. The van der Waals surface area contributed by atoms with Gasteiger partial charge in [0, 0.05) is 11.5 Å². The maximum absolute atomic E-state index is 12.8. The largest absolute Gasteiger partial charge is 0.477 e. The number of amides is 2. The van der Waals surface area contributed by atoms with Crippen molar-refractivity contribution in [3.63, 3.8) is 0 Å². The average Bonchev–Trinajstić information content (AvgIpc) is 3.20. The lowest BCUT2D eigenvalue weighted by Gasteiger charge is -2.49. The zero-order valence-corrected chi connectivity index (χ0v) is 18.1. The number of aliphatic carboxylic acids is 1. The topological polar surface area (TPSA) is 139 Å². The van der Waals surface area contributed by atoms with E-state index < -0.39 is 35.2 Å². The third-order valence-corrected chi connectivity index (χ3v) is 7.22. The van der Waals surface area contributed by atoms with E-state index in [4.69, 9.17) is 10.2 Å². The molecule has 11 heteroatoms. The number of rotatable bonds is 7. The number of hydrogen-bond donors (Lipinski definition) is 3. The highest BCUT2D eigenvalue weighted by molar-refractivity contribution is 8.01. The number of carbonyl (C=O) groups is 3. The fourth-order valence-electron chi connectivity index (χ4n) is 3.40. The Morgan fingerprint density at radius 1 is 1.42 bits per heavy atom. The molecule has 0 bridgehead atoms. The number of nitrogens with two attached hydrogens (primary N) is 1. The summed E-state index contributed by atoms with van der Waals surface area (Å²) in [5.74, 6) is -1.37. The lowest BCUT2D eigenvalue weighted by molar-refractivity contribution is -0.150. The lowest BCUT2D eigenvalue weighted by Crippen LogP contribution is -2.71.